The average Bonchev–Trinajstić information content (AvgIpc) is 3.04. The second kappa shape index (κ2) is 8.36. The number of nitrogens with one attached hydrogen (secondary N) is 1. The topological polar surface area (TPSA) is 67.9 Å². The Morgan fingerprint density at radius 2 is 1.52 bits per heavy atom. The van der Waals surface area contributed by atoms with Crippen LogP contribution in [0.4, 0.5) is 11.4 Å². The first-order valence-corrected chi connectivity index (χ1v) is 9.78. The number of ether oxygens (including phenoxy) is 2. The van der Waals surface area contributed by atoms with Crippen LogP contribution in [0.3, 0.4) is 0 Å². The molecule has 6 heteroatoms. The molecular formula is C25H22N2O4. The van der Waals surface area contributed by atoms with Crippen LogP contribution in [0.25, 0.3) is 5.57 Å². The fourth-order valence-corrected chi connectivity index (χ4v) is 3.60. The molecule has 0 aliphatic carbocycles. The highest BCUT2D eigenvalue weighted by Crippen LogP contribution is 2.37. The molecule has 0 unspecified atom stereocenters. The van der Waals surface area contributed by atoms with Gasteiger partial charge in [0.15, 0.2) is 0 Å². The molecule has 0 atom stereocenters. The summed E-state index contributed by atoms with van der Waals surface area (Å²) >= 11 is 0. The Hall–Kier alpha value is -4.06. The van der Waals surface area contributed by atoms with Crippen molar-refractivity contribution in [3.63, 3.8) is 0 Å². The Kier molecular flexibility index (Phi) is 5.45. The minimum Gasteiger partial charge on any atom is -0.497 e. The van der Waals surface area contributed by atoms with Crippen molar-refractivity contribution in [3.05, 3.63) is 89.6 Å². The van der Waals surface area contributed by atoms with E-state index >= 15 is 0 Å². The summed E-state index contributed by atoms with van der Waals surface area (Å²) in [5.41, 5.74) is 3.06. The summed E-state index contributed by atoms with van der Waals surface area (Å²) in [4.78, 5) is 28.2. The standard InChI is InChI=1S/C25H22N2O4/c1-16-9-7-8-12-20(16)27-24(28)22(17-10-5-4-6-11-17)23(25(27)29)26-19-15-18(30-2)13-14-21(19)31-3/h4-15,26H,1-3H3. The van der Waals surface area contributed by atoms with Gasteiger partial charge in [-0.1, -0.05) is 48.5 Å². The van der Waals surface area contributed by atoms with E-state index in [0.29, 0.717) is 34.0 Å². The minimum atomic E-state index is -0.428. The SMILES string of the molecule is COc1ccc(OC)c(NC2=C(c3ccccc3)C(=O)N(c3ccccc3C)C2=O)c1. The quantitative estimate of drug-likeness (QED) is 0.605. The molecule has 156 valence electrons. The van der Waals surface area contributed by atoms with Gasteiger partial charge >= 0.3 is 0 Å². The monoisotopic (exact) mass is 414 g/mol. The first-order chi connectivity index (χ1) is 15.0. The summed E-state index contributed by atoms with van der Waals surface area (Å²) in [5, 5.41) is 3.15. The van der Waals surface area contributed by atoms with Crippen molar-refractivity contribution in [2.75, 3.05) is 24.4 Å². The summed E-state index contributed by atoms with van der Waals surface area (Å²) in [7, 11) is 3.10. The molecule has 0 spiro atoms. The van der Waals surface area contributed by atoms with Gasteiger partial charge in [-0.25, -0.2) is 4.90 Å². The summed E-state index contributed by atoms with van der Waals surface area (Å²) in [6.45, 7) is 1.87. The van der Waals surface area contributed by atoms with Crippen LogP contribution in [0.5, 0.6) is 11.5 Å². The number of aryl methyl sites for hydroxylation is 1. The normalized spacial score (nSPS) is 13.6. The lowest BCUT2D eigenvalue weighted by Gasteiger charge is -2.18. The van der Waals surface area contributed by atoms with Gasteiger partial charge in [0.05, 0.1) is 31.2 Å². The van der Waals surface area contributed by atoms with Gasteiger partial charge in [-0.05, 0) is 36.2 Å². The van der Waals surface area contributed by atoms with Gasteiger partial charge in [0.1, 0.15) is 17.2 Å². The molecule has 3 aromatic rings. The van der Waals surface area contributed by atoms with Crippen LogP contribution in [0.2, 0.25) is 0 Å². The number of amides is 2. The summed E-state index contributed by atoms with van der Waals surface area (Å²) in [6, 6.07) is 21.7. The molecule has 2 amide bonds. The van der Waals surface area contributed by atoms with E-state index in [1.54, 1.807) is 38.5 Å². The molecule has 0 aromatic heterocycles. The number of benzene rings is 3. The van der Waals surface area contributed by atoms with Gasteiger partial charge in [0.25, 0.3) is 11.8 Å². The van der Waals surface area contributed by atoms with Crippen LogP contribution in [-0.2, 0) is 9.59 Å². The maximum atomic E-state index is 13.5. The number of rotatable bonds is 6. The fraction of sp³-hybridized carbons (Fsp3) is 0.120. The van der Waals surface area contributed by atoms with Crippen molar-refractivity contribution in [1.29, 1.82) is 0 Å². The Balaban J connectivity index is 1.86. The average molecular weight is 414 g/mol. The van der Waals surface area contributed by atoms with E-state index in [-0.39, 0.29) is 11.6 Å². The third-order valence-electron chi connectivity index (χ3n) is 5.17. The van der Waals surface area contributed by atoms with Crippen molar-refractivity contribution < 1.29 is 19.1 Å². The molecule has 1 aliphatic heterocycles. The van der Waals surface area contributed by atoms with E-state index in [1.807, 2.05) is 55.5 Å². The molecule has 31 heavy (non-hydrogen) atoms. The molecule has 1 heterocycles. The predicted molar refractivity (Wildman–Crippen MR) is 120 cm³/mol. The number of methoxy groups -OCH3 is 2. The van der Waals surface area contributed by atoms with E-state index in [0.717, 1.165) is 5.56 Å². The van der Waals surface area contributed by atoms with Crippen LogP contribution in [0.15, 0.2) is 78.5 Å². The highest BCUT2D eigenvalue weighted by atomic mass is 16.5. The van der Waals surface area contributed by atoms with Crippen LogP contribution in [0.1, 0.15) is 11.1 Å². The Labute approximate surface area is 180 Å². The molecule has 0 fully saturated rings. The smallest absolute Gasteiger partial charge is 0.282 e. The number of hydrogen-bond donors (Lipinski definition) is 1. The van der Waals surface area contributed by atoms with E-state index in [2.05, 4.69) is 5.32 Å². The van der Waals surface area contributed by atoms with Crippen molar-refractivity contribution in [2.45, 2.75) is 6.92 Å². The van der Waals surface area contributed by atoms with Gasteiger partial charge in [-0.15, -0.1) is 0 Å². The molecule has 0 bridgehead atoms. The predicted octanol–water partition coefficient (Wildman–Crippen LogP) is 4.41. The van der Waals surface area contributed by atoms with E-state index < -0.39 is 5.91 Å². The second-order valence-electron chi connectivity index (χ2n) is 7.04. The zero-order valence-corrected chi connectivity index (χ0v) is 17.5. The third-order valence-corrected chi connectivity index (χ3v) is 5.17. The maximum Gasteiger partial charge on any atom is 0.282 e. The molecule has 3 aromatic carbocycles. The Bertz CT molecular complexity index is 1190. The summed E-state index contributed by atoms with van der Waals surface area (Å²) in [5.74, 6) is 0.311. The first kappa shape index (κ1) is 20.2. The number of hydrogen-bond acceptors (Lipinski definition) is 5. The largest absolute Gasteiger partial charge is 0.497 e. The minimum absolute atomic E-state index is 0.186. The van der Waals surface area contributed by atoms with E-state index in [1.165, 1.54) is 4.90 Å². The van der Waals surface area contributed by atoms with Gasteiger partial charge in [0.2, 0.25) is 0 Å². The molecule has 0 saturated carbocycles. The summed E-state index contributed by atoms with van der Waals surface area (Å²) < 4.78 is 10.7. The van der Waals surface area contributed by atoms with Crippen LogP contribution in [-0.4, -0.2) is 26.0 Å². The van der Waals surface area contributed by atoms with Crippen LogP contribution in [0, 0.1) is 6.92 Å². The van der Waals surface area contributed by atoms with Crippen molar-refractivity contribution >= 4 is 28.8 Å². The lowest BCUT2D eigenvalue weighted by atomic mass is 10.0. The zero-order chi connectivity index (χ0) is 22.0. The van der Waals surface area contributed by atoms with Crippen molar-refractivity contribution in [1.82, 2.24) is 0 Å². The van der Waals surface area contributed by atoms with Crippen molar-refractivity contribution in [3.8, 4) is 11.5 Å². The lowest BCUT2D eigenvalue weighted by Crippen LogP contribution is -2.33. The number of para-hydroxylation sites is 1. The number of carbonyl (C=O) groups excluding carboxylic acids is 2. The second-order valence-corrected chi connectivity index (χ2v) is 7.04. The molecular weight excluding hydrogens is 392 g/mol. The fourth-order valence-electron chi connectivity index (χ4n) is 3.60. The van der Waals surface area contributed by atoms with Crippen molar-refractivity contribution in [2.24, 2.45) is 0 Å². The Morgan fingerprint density at radius 3 is 2.19 bits per heavy atom. The van der Waals surface area contributed by atoms with Gasteiger partial charge < -0.3 is 14.8 Å². The van der Waals surface area contributed by atoms with E-state index in [9.17, 15) is 9.59 Å². The van der Waals surface area contributed by atoms with Crippen LogP contribution >= 0.6 is 0 Å². The maximum absolute atomic E-state index is 13.5. The number of imide groups is 1. The molecule has 0 radical (unpaired) electrons. The van der Waals surface area contributed by atoms with E-state index in [4.69, 9.17) is 9.47 Å². The molecule has 0 saturated heterocycles. The highest BCUT2D eigenvalue weighted by molar-refractivity contribution is 6.46. The van der Waals surface area contributed by atoms with Gasteiger partial charge in [-0.3, -0.25) is 9.59 Å². The summed E-state index contributed by atoms with van der Waals surface area (Å²) in [6.07, 6.45) is 0. The Morgan fingerprint density at radius 1 is 0.806 bits per heavy atom. The highest BCUT2D eigenvalue weighted by Gasteiger charge is 2.41. The molecule has 6 nitrogen and oxygen atoms in total. The van der Waals surface area contributed by atoms with Gasteiger partial charge in [0, 0.05) is 6.07 Å². The number of nitrogens with zero attached hydrogens (tertiary/aromatic N) is 1. The number of carbonyl (C=O) groups is 2. The molecule has 4 rings (SSSR count). The zero-order valence-electron chi connectivity index (χ0n) is 17.5. The first-order valence-electron chi connectivity index (χ1n) is 9.78. The third kappa shape index (κ3) is 3.64. The lowest BCUT2D eigenvalue weighted by molar-refractivity contribution is -0.120. The molecule has 1 aliphatic rings. The molecule has 1 N–H and O–H groups in total. The van der Waals surface area contributed by atoms with Gasteiger partial charge in [-0.2, -0.15) is 0 Å². The van der Waals surface area contributed by atoms with Crippen LogP contribution < -0.4 is 19.7 Å². The number of anilines is 2.